The molecule has 1 aromatic rings. The average molecular weight is 745 g/mol. The fraction of sp³-hybridized carbons (Fsp3) is 0.630. The van der Waals surface area contributed by atoms with Crippen LogP contribution in [0.4, 0.5) is 0 Å². The fourth-order valence-electron chi connectivity index (χ4n) is 2.59. The molecule has 2 heterocycles. The molecule has 2 rings (SSSR count). The zero-order chi connectivity index (χ0) is 40.0. The molecular weight excluding hydrogens is 692 g/mol. The van der Waals surface area contributed by atoms with Gasteiger partial charge in [-0.15, -0.1) is 0 Å². The third kappa shape index (κ3) is 33.5. The van der Waals surface area contributed by atoms with Crippen LogP contribution in [0.5, 0.6) is 0 Å². The topological polar surface area (TPSA) is 432 Å². The Balaban J connectivity index is -0.000000258. The molecule has 0 saturated carbocycles. The minimum Gasteiger partial charge on any atom is -0.481 e. The molecule has 1 fully saturated rings. The molecule has 6 atom stereocenters. The largest absolute Gasteiger partial charge is 0.481 e. The summed E-state index contributed by atoms with van der Waals surface area (Å²) in [5.41, 5.74) is 25.8. The van der Waals surface area contributed by atoms with E-state index in [1.165, 1.54) is 6.33 Å². The average Bonchev–Trinajstić information content (AvgIpc) is 3.79. The number of aromatic amines is 1. The standard InChI is InChI=1S/C6H9N3O2.C6H13NO2.C5H9NO4.C5H9NO2.C3H7NO2S.C2H5NO2/c7-5(6(10)11)1-4-2-8-3-9-4;1-3-4(2)5(7)6(8)9;6-3(5(9)10)1-2-4(7)8;7-5(8)4-2-1-3-6-4;4-2(1-7)3(5)6;3-1-2(4)5/h2-3,5H,1,7H2,(H,8,9)(H,10,11);4-5H,3,7H2,1-2H3,(H,8,9);3H,1-2,6H2,(H,7,8)(H,9,10);4,6H,1-3H2,(H,7,8);2,7H,1,4H2,(H,5,6);1,3H2,(H,4,5)/t5-;4-,5-;3-;4-;2-;/m00000./s1. The van der Waals surface area contributed by atoms with Gasteiger partial charge in [-0.1, -0.05) is 20.3 Å². The van der Waals surface area contributed by atoms with Crippen LogP contribution in [0.1, 0.15) is 51.6 Å². The Kier molecular flexibility index (Phi) is 33.4. The van der Waals surface area contributed by atoms with Gasteiger partial charge in [-0.05, 0) is 31.7 Å². The highest BCUT2D eigenvalue weighted by Crippen LogP contribution is 2.04. The molecule has 1 aliphatic rings. The Bertz CT molecular complexity index is 1120. The molecule has 19 N–H and O–H groups in total. The van der Waals surface area contributed by atoms with Crippen molar-refractivity contribution in [3.05, 3.63) is 18.2 Å². The summed E-state index contributed by atoms with van der Waals surface area (Å²) in [5.74, 6) is -6.54. The lowest BCUT2D eigenvalue weighted by atomic mass is 10.0. The number of aliphatic carboxylic acids is 7. The second-order valence-corrected chi connectivity index (χ2v) is 10.4. The number of thiol groups is 1. The van der Waals surface area contributed by atoms with Crippen LogP contribution >= 0.6 is 12.6 Å². The van der Waals surface area contributed by atoms with Crippen LogP contribution in [0.3, 0.4) is 0 Å². The first-order valence-electron chi connectivity index (χ1n) is 14.7. The number of imidazole rings is 1. The van der Waals surface area contributed by atoms with Gasteiger partial charge in [0, 0.05) is 30.5 Å². The molecule has 0 bridgehead atoms. The lowest BCUT2D eigenvalue weighted by Crippen LogP contribution is -2.36. The van der Waals surface area contributed by atoms with Gasteiger partial charge < -0.3 is 74.7 Å². The molecule has 0 aliphatic carbocycles. The zero-order valence-corrected chi connectivity index (χ0v) is 28.6. The highest BCUT2D eigenvalue weighted by molar-refractivity contribution is 7.80. The zero-order valence-electron chi connectivity index (χ0n) is 27.8. The Hall–Kier alpha value is -4.39. The Morgan fingerprint density at radius 2 is 1.36 bits per heavy atom. The van der Waals surface area contributed by atoms with E-state index < -0.39 is 66.0 Å². The summed E-state index contributed by atoms with van der Waals surface area (Å²) in [6.07, 6.45) is 5.71. The number of carboxylic acids is 7. The molecule has 290 valence electrons. The third-order valence-corrected chi connectivity index (χ3v) is 6.28. The molecule has 23 heteroatoms. The highest BCUT2D eigenvalue weighted by Gasteiger charge is 2.20. The monoisotopic (exact) mass is 744 g/mol. The van der Waals surface area contributed by atoms with Crippen LogP contribution in [0.15, 0.2) is 12.5 Å². The number of rotatable bonds is 14. The molecular formula is C27H52N8O14S. The van der Waals surface area contributed by atoms with Gasteiger partial charge in [0.05, 0.1) is 12.9 Å². The number of carbonyl (C=O) groups is 7. The number of hydrogen-bond acceptors (Lipinski definition) is 15. The van der Waals surface area contributed by atoms with Crippen LogP contribution in [0.2, 0.25) is 0 Å². The van der Waals surface area contributed by atoms with Gasteiger partial charge in [-0.3, -0.25) is 33.6 Å². The number of nitrogens with one attached hydrogen (secondary N) is 2. The minimum atomic E-state index is -1.17. The summed E-state index contributed by atoms with van der Waals surface area (Å²) in [6.45, 7) is 4.34. The van der Waals surface area contributed by atoms with Gasteiger partial charge in [0.2, 0.25) is 0 Å². The van der Waals surface area contributed by atoms with Gasteiger partial charge in [0.15, 0.2) is 0 Å². The van der Waals surface area contributed by atoms with E-state index in [-0.39, 0.29) is 43.5 Å². The normalized spacial score (nSPS) is 15.5. The summed E-state index contributed by atoms with van der Waals surface area (Å²) < 4.78 is 0. The first-order valence-corrected chi connectivity index (χ1v) is 15.3. The summed E-state index contributed by atoms with van der Waals surface area (Å²) in [5, 5.41) is 59.9. The SMILES string of the molecule is CC[C@H](C)[C@H](N)C(=O)O.NCC(=O)O.N[C@@H](CCC(=O)O)C(=O)O.N[C@@H](CS)C(=O)O.N[C@@H](Cc1cnc[nH]1)C(=O)O.O=C(O)[C@@H]1CCCN1. The maximum atomic E-state index is 10.3. The molecule has 0 unspecified atom stereocenters. The van der Waals surface area contributed by atoms with E-state index in [0.717, 1.165) is 31.5 Å². The smallest absolute Gasteiger partial charge is 0.321 e. The van der Waals surface area contributed by atoms with Crippen molar-refractivity contribution in [2.45, 2.75) is 82.6 Å². The van der Waals surface area contributed by atoms with Crippen molar-refractivity contribution in [2.75, 3.05) is 18.8 Å². The fourth-order valence-corrected chi connectivity index (χ4v) is 2.75. The first-order chi connectivity index (χ1) is 23.1. The second kappa shape index (κ2) is 31.9. The molecule has 0 aromatic carbocycles. The Morgan fingerprint density at radius 3 is 1.58 bits per heavy atom. The highest BCUT2D eigenvalue weighted by atomic mass is 32.1. The van der Waals surface area contributed by atoms with Crippen molar-refractivity contribution in [2.24, 2.45) is 34.6 Å². The summed E-state index contributed by atoms with van der Waals surface area (Å²) in [4.78, 5) is 76.0. The quantitative estimate of drug-likeness (QED) is 0.0858. The van der Waals surface area contributed by atoms with Gasteiger partial charge >= 0.3 is 41.8 Å². The maximum Gasteiger partial charge on any atom is 0.321 e. The van der Waals surface area contributed by atoms with Crippen LogP contribution in [0.25, 0.3) is 0 Å². The number of hydrogen-bond donors (Lipinski definition) is 15. The molecule has 0 spiro atoms. The van der Waals surface area contributed by atoms with Crippen LogP contribution in [-0.2, 0) is 40.0 Å². The number of nitrogens with zero attached hydrogens (tertiary/aromatic N) is 1. The predicted molar refractivity (Wildman–Crippen MR) is 180 cm³/mol. The number of H-pyrrole nitrogens is 1. The van der Waals surface area contributed by atoms with Crippen LogP contribution < -0.4 is 34.0 Å². The van der Waals surface area contributed by atoms with E-state index in [2.05, 4.69) is 33.6 Å². The van der Waals surface area contributed by atoms with Gasteiger partial charge in [-0.2, -0.15) is 12.6 Å². The van der Waals surface area contributed by atoms with Crippen molar-refractivity contribution in [3.8, 4) is 0 Å². The molecule has 22 nitrogen and oxygen atoms in total. The maximum absolute atomic E-state index is 10.3. The van der Waals surface area contributed by atoms with Crippen molar-refractivity contribution in [3.63, 3.8) is 0 Å². The van der Waals surface area contributed by atoms with Gasteiger partial charge in [0.1, 0.15) is 30.2 Å². The van der Waals surface area contributed by atoms with Crippen molar-refractivity contribution >= 4 is 54.4 Å². The van der Waals surface area contributed by atoms with Gasteiger partial charge in [-0.25, -0.2) is 4.98 Å². The van der Waals surface area contributed by atoms with Crippen molar-refractivity contribution in [1.82, 2.24) is 15.3 Å². The molecule has 1 aromatic heterocycles. The second-order valence-electron chi connectivity index (χ2n) is 10.1. The molecule has 1 aliphatic heterocycles. The van der Waals surface area contributed by atoms with E-state index in [0.29, 0.717) is 0 Å². The molecule has 0 radical (unpaired) electrons. The molecule has 0 amide bonds. The van der Waals surface area contributed by atoms with Crippen LogP contribution in [0, 0.1) is 5.92 Å². The Labute approximate surface area is 293 Å². The van der Waals surface area contributed by atoms with E-state index >= 15 is 0 Å². The molecule has 50 heavy (non-hydrogen) atoms. The van der Waals surface area contributed by atoms with Crippen molar-refractivity contribution in [1.29, 1.82) is 0 Å². The van der Waals surface area contributed by atoms with E-state index in [1.807, 2.05) is 13.8 Å². The molecule has 1 saturated heterocycles. The lowest BCUT2D eigenvalue weighted by molar-refractivity contribution is -0.141. The number of nitrogens with two attached hydrogens (primary N) is 5. The number of aromatic nitrogens is 2. The van der Waals surface area contributed by atoms with Crippen LogP contribution in [-0.4, -0.2) is 137 Å². The van der Waals surface area contributed by atoms with E-state index in [1.54, 1.807) is 6.20 Å². The van der Waals surface area contributed by atoms with Crippen molar-refractivity contribution < 1.29 is 69.3 Å². The van der Waals surface area contributed by atoms with Gasteiger partial charge in [0.25, 0.3) is 0 Å². The lowest BCUT2D eigenvalue weighted by Gasteiger charge is -2.11. The minimum absolute atomic E-state index is 0.0231. The Morgan fingerprint density at radius 1 is 0.860 bits per heavy atom. The predicted octanol–water partition coefficient (Wildman–Crippen LogP) is -2.75. The summed E-state index contributed by atoms with van der Waals surface area (Å²) in [7, 11) is 0. The summed E-state index contributed by atoms with van der Waals surface area (Å²) >= 11 is 3.65. The van der Waals surface area contributed by atoms with E-state index in [4.69, 9.17) is 58.7 Å². The summed E-state index contributed by atoms with van der Waals surface area (Å²) in [6, 6.07) is -3.69. The van der Waals surface area contributed by atoms with E-state index in [9.17, 15) is 33.6 Å². The number of carboxylic acid groups (broad SMARTS) is 7. The first kappa shape index (κ1) is 52.4. The third-order valence-electron chi connectivity index (χ3n) is 5.89.